The molecule has 0 bridgehead atoms. The van der Waals surface area contributed by atoms with Gasteiger partial charge in [-0.2, -0.15) is 0 Å². The summed E-state index contributed by atoms with van der Waals surface area (Å²) in [4.78, 5) is 2.36. The molecule has 2 rings (SSSR count). The quantitative estimate of drug-likeness (QED) is 0.840. The third-order valence-corrected chi connectivity index (χ3v) is 4.04. The minimum atomic E-state index is -0.167. The summed E-state index contributed by atoms with van der Waals surface area (Å²) in [7, 11) is 0. The largest absolute Gasteiger partial charge is 0.320 e. The molecule has 2 unspecified atom stereocenters. The SMILES string of the molecule is CC1CCN(Cc2ccc(C#CCN)cc2F)C(C)C1. The van der Waals surface area contributed by atoms with Crippen molar-refractivity contribution in [2.24, 2.45) is 11.7 Å². The number of benzene rings is 1. The van der Waals surface area contributed by atoms with Gasteiger partial charge in [-0.15, -0.1) is 0 Å². The topological polar surface area (TPSA) is 29.3 Å². The molecule has 0 radical (unpaired) electrons. The van der Waals surface area contributed by atoms with Gasteiger partial charge < -0.3 is 5.73 Å². The van der Waals surface area contributed by atoms with E-state index in [-0.39, 0.29) is 5.82 Å². The maximum atomic E-state index is 14.1. The number of hydrogen-bond donors (Lipinski definition) is 1. The molecule has 1 heterocycles. The molecule has 20 heavy (non-hydrogen) atoms. The monoisotopic (exact) mass is 274 g/mol. The fourth-order valence-corrected chi connectivity index (χ4v) is 2.82. The number of nitrogens with zero attached hydrogens (tertiary/aromatic N) is 1. The lowest BCUT2D eigenvalue weighted by atomic mass is 9.93. The van der Waals surface area contributed by atoms with Gasteiger partial charge in [-0.3, -0.25) is 4.90 Å². The third-order valence-electron chi connectivity index (χ3n) is 4.04. The maximum absolute atomic E-state index is 14.1. The summed E-state index contributed by atoms with van der Waals surface area (Å²) in [6.07, 6.45) is 2.40. The molecule has 1 fully saturated rings. The first-order valence-electron chi connectivity index (χ1n) is 7.31. The summed E-state index contributed by atoms with van der Waals surface area (Å²) < 4.78 is 14.1. The maximum Gasteiger partial charge on any atom is 0.128 e. The molecule has 0 spiro atoms. The zero-order valence-electron chi connectivity index (χ0n) is 12.3. The summed E-state index contributed by atoms with van der Waals surface area (Å²) in [5, 5.41) is 0. The van der Waals surface area contributed by atoms with Crippen LogP contribution < -0.4 is 5.73 Å². The highest BCUT2D eigenvalue weighted by Gasteiger charge is 2.23. The zero-order chi connectivity index (χ0) is 14.5. The smallest absolute Gasteiger partial charge is 0.128 e. The van der Waals surface area contributed by atoms with Gasteiger partial charge >= 0.3 is 0 Å². The molecule has 0 aliphatic carbocycles. The van der Waals surface area contributed by atoms with Crippen molar-refractivity contribution in [2.45, 2.75) is 39.3 Å². The molecule has 2 N–H and O–H groups in total. The van der Waals surface area contributed by atoms with Crippen LogP contribution >= 0.6 is 0 Å². The normalized spacial score (nSPS) is 23.2. The third kappa shape index (κ3) is 3.82. The van der Waals surface area contributed by atoms with Gasteiger partial charge in [-0.05, 0) is 44.4 Å². The molecule has 2 nitrogen and oxygen atoms in total. The van der Waals surface area contributed by atoms with Crippen molar-refractivity contribution in [3.05, 3.63) is 35.1 Å². The second kappa shape index (κ2) is 6.88. The van der Waals surface area contributed by atoms with Crippen LogP contribution in [0.3, 0.4) is 0 Å². The van der Waals surface area contributed by atoms with E-state index in [0.29, 0.717) is 24.7 Å². The lowest BCUT2D eigenvalue weighted by molar-refractivity contribution is 0.121. The van der Waals surface area contributed by atoms with Crippen LogP contribution in [-0.4, -0.2) is 24.0 Å². The zero-order valence-corrected chi connectivity index (χ0v) is 12.3. The van der Waals surface area contributed by atoms with Crippen molar-refractivity contribution in [2.75, 3.05) is 13.1 Å². The Morgan fingerprint density at radius 2 is 2.20 bits per heavy atom. The van der Waals surface area contributed by atoms with Crippen molar-refractivity contribution in [3.63, 3.8) is 0 Å². The molecule has 1 aromatic rings. The van der Waals surface area contributed by atoms with Crippen molar-refractivity contribution >= 4 is 0 Å². The van der Waals surface area contributed by atoms with Gasteiger partial charge in [0.1, 0.15) is 5.82 Å². The van der Waals surface area contributed by atoms with Crippen molar-refractivity contribution in [3.8, 4) is 11.8 Å². The van der Waals surface area contributed by atoms with Crippen molar-refractivity contribution in [1.29, 1.82) is 0 Å². The number of hydrogen-bond acceptors (Lipinski definition) is 2. The minimum Gasteiger partial charge on any atom is -0.320 e. The Bertz CT molecular complexity index is 515. The average molecular weight is 274 g/mol. The highest BCUT2D eigenvalue weighted by molar-refractivity contribution is 5.37. The standard InChI is InChI=1S/C17H23FN2/c1-13-7-9-20(14(2)10-13)12-16-6-5-15(4-3-8-19)11-17(16)18/h5-6,11,13-14H,7-10,12,19H2,1-2H3. The summed E-state index contributed by atoms with van der Waals surface area (Å²) in [6, 6.07) is 5.75. The first-order chi connectivity index (χ1) is 9.60. The number of halogens is 1. The fourth-order valence-electron chi connectivity index (χ4n) is 2.82. The first-order valence-corrected chi connectivity index (χ1v) is 7.31. The Morgan fingerprint density at radius 3 is 2.85 bits per heavy atom. The number of piperidine rings is 1. The van der Waals surface area contributed by atoms with Crippen LogP contribution in [0, 0.1) is 23.6 Å². The van der Waals surface area contributed by atoms with Gasteiger partial charge in [0, 0.05) is 23.7 Å². The van der Waals surface area contributed by atoms with Crippen LogP contribution in [0.15, 0.2) is 18.2 Å². The van der Waals surface area contributed by atoms with E-state index in [2.05, 4.69) is 30.6 Å². The number of rotatable bonds is 2. The van der Waals surface area contributed by atoms with Crippen LogP contribution in [-0.2, 0) is 6.54 Å². The van der Waals surface area contributed by atoms with E-state index >= 15 is 0 Å². The van der Waals surface area contributed by atoms with Gasteiger partial charge in [0.15, 0.2) is 0 Å². The molecule has 1 aliphatic heterocycles. The molecule has 0 saturated carbocycles. The molecule has 1 aliphatic rings. The Kier molecular flexibility index (Phi) is 5.17. The van der Waals surface area contributed by atoms with E-state index in [1.54, 1.807) is 0 Å². The van der Waals surface area contributed by atoms with Gasteiger partial charge in [-0.1, -0.05) is 24.8 Å². The van der Waals surface area contributed by atoms with Gasteiger partial charge in [0.05, 0.1) is 6.54 Å². The van der Waals surface area contributed by atoms with E-state index in [1.807, 2.05) is 12.1 Å². The van der Waals surface area contributed by atoms with E-state index in [4.69, 9.17) is 5.73 Å². The predicted octanol–water partition coefficient (Wildman–Crippen LogP) is 2.76. The first kappa shape index (κ1) is 15.0. The van der Waals surface area contributed by atoms with E-state index in [9.17, 15) is 4.39 Å². The molecule has 108 valence electrons. The highest BCUT2D eigenvalue weighted by Crippen LogP contribution is 2.24. The fraction of sp³-hybridized carbons (Fsp3) is 0.529. The highest BCUT2D eigenvalue weighted by atomic mass is 19.1. The molecular formula is C17H23FN2. The molecule has 2 atom stereocenters. The summed E-state index contributed by atoms with van der Waals surface area (Å²) in [5.74, 6) is 6.22. The van der Waals surface area contributed by atoms with Crippen LogP contribution in [0.2, 0.25) is 0 Å². The number of likely N-dealkylation sites (tertiary alicyclic amines) is 1. The molecular weight excluding hydrogens is 251 g/mol. The second-order valence-electron chi connectivity index (χ2n) is 5.76. The number of nitrogens with two attached hydrogens (primary N) is 1. The summed E-state index contributed by atoms with van der Waals surface area (Å²) >= 11 is 0. The Morgan fingerprint density at radius 1 is 1.40 bits per heavy atom. The van der Waals surface area contributed by atoms with E-state index < -0.39 is 0 Å². The lowest BCUT2D eigenvalue weighted by Gasteiger charge is -2.36. The molecule has 1 aromatic carbocycles. The Hall–Kier alpha value is -1.37. The molecule has 0 amide bonds. The van der Waals surface area contributed by atoms with E-state index in [1.165, 1.54) is 18.9 Å². The second-order valence-corrected chi connectivity index (χ2v) is 5.76. The van der Waals surface area contributed by atoms with Gasteiger partial charge in [0.2, 0.25) is 0 Å². The Labute approximate surface area is 121 Å². The van der Waals surface area contributed by atoms with Gasteiger partial charge in [-0.25, -0.2) is 4.39 Å². The molecule has 3 heteroatoms. The minimum absolute atomic E-state index is 0.167. The van der Waals surface area contributed by atoms with Crippen LogP contribution in [0.1, 0.15) is 37.8 Å². The van der Waals surface area contributed by atoms with Crippen molar-refractivity contribution in [1.82, 2.24) is 4.90 Å². The predicted molar refractivity (Wildman–Crippen MR) is 80.6 cm³/mol. The van der Waals surface area contributed by atoms with Crippen molar-refractivity contribution < 1.29 is 4.39 Å². The van der Waals surface area contributed by atoms with Crippen LogP contribution in [0.25, 0.3) is 0 Å². The molecule has 0 aromatic heterocycles. The average Bonchev–Trinajstić information content (AvgIpc) is 2.42. The van der Waals surface area contributed by atoms with E-state index in [0.717, 1.165) is 18.0 Å². The lowest BCUT2D eigenvalue weighted by Crippen LogP contribution is -2.39. The Balaban J connectivity index is 2.06. The summed E-state index contributed by atoms with van der Waals surface area (Å²) in [6.45, 7) is 6.56. The van der Waals surface area contributed by atoms with Crippen LogP contribution in [0.4, 0.5) is 4.39 Å². The van der Waals surface area contributed by atoms with Gasteiger partial charge in [0.25, 0.3) is 0 Å². The molecule has 1 saturated heterocycles. The van der Waals surface area contributed by atoms with Crippen LogP contribution in [0.5, 0.6) is 0 Å². The summed E-state index contributed by atoms with van der Waals surface area (Å²) in [5.41, 5.74) is 6.77.